The lowest BCUT2D eigenvalue weighted by molar-refractivity contribution is 0.664. The highest BCUT2D eigenvalue weighted by atomic mass is 14.6. The predicted molar refractivity (Wildman–Crippen MR) is 82.5 cm³/mol. The van der Waals surface area contributed by atoms with Gasteiger partial charge in [-0.25, -0.2) is 0 Å². The van der Waals surface area contributed by atoms with Crippen molar-refractivity contribution < 1.29 is 0 Å². The third-order valence-corrected chi connectivity index (χ3v) is 3.69. The third kappa shape index (κ3) is 3.93. The Labute approximate surface area is 116 Å². The molecule has 2 aromatic rings. The minimum Gasteiger partial charge on any atom is -0.327 e. The Balaban J connectivity index is 1.98. The number of rotatable bonds is 4. The number of aryl methyl sites for hydroxylation is 3. The van der Waals surface area contributed by atoms with E-state index in [-0.39, 0.29) is 6.04 Å². The molecule has 1 heteroatoms. The van der Waals surface area contributed by atoms with Crippen molar-refractivity contribution in [2.45, 2.75) is 39.7 Å². The smallest absolute Gasteiger partial charge is 0.0120 e. The first-order valence-electron chi connectivity index (χ1n) is 6.92. The van der Waals surface area contributed by atoms with Gasteiger partial charge in [0.25, 0.3) is 0 Å². The van der Waals surface area contributed by atoms with Gasteiger partial charge in [-0.15, -0.1) is 0 Å². The molecule has 19 heavy (non-hydrogen) atoms. The summed E-state index contributed by atoms with van der Waals surface area (Å²) in [6.45, 7) is 6.41. The van der Waals surface area contributed by atoms with Gasteiger partial charge < -0.3 is 5.73 Å². The molecule has 0 fully saturated rings. The van der Waals surface area contributed by atoms with Gasteiger partial charge in [0.05, 0.1) is 0 Å². The molecule has 0 aromatic heterocycles. The molecule has 1 unspecified atom stereocenters. The molecule has 2 N–H and O–H groups in total. The fraction of sp³-hybridized carbons (Fsp3) is 0.333. The van der Waals surface area contributed by atoms with Gasteiger partial charge >= 0.3 is 0 Å². The summed E-state index contributed by atoms with van der Waals surface area (Å²) in [5.74, 6) is 0. The summed E-state index contributed by atoms with van der Waals surface area (Å²) >= 11 is 0. The molecule has 0 heterocycles. The van der Waals surface area contributed by atoms with Crippen molar-refractivity contribution in [3.8, 4) is 0 Å². The zero-order valence-electron chi connectivity index (χ0n) is 12.1. The van der Waals surface area contributed by atoms with Gasteiger partial charge in [0.1, 0.15) is 0 Å². The quantitative estimate of drug-likeness (QED) is 0.883. The second kappa shape index (κ2) is 6.03. The maximum Gasteiger partial charge on any atom is 0.0120 e. The highest BCUT2D eigenvalue weighted by molar-refractivity contribution is 5.30. The van der Waals surface area contributed by atoms with Crippen molar-refractivity contribution in [1.82, 2.24) is 0 Å². The van der Waals surface area contributed by atoms with Gasteiger partial charge in [-0.05, 0) is 55.9 Å². The molecular formula is C18H23N. The molecule has 0 radical (unpaired) electrons. The SMILES string of the molecule is Cc1ccc(CC(N)Cc2ccc(C)c(C)c2)cc1. The van der Waals surface area contributed by atoms with Crippen molar-refractivity contribution in [3.05, 3.63) is 70.3 Å². The summed E-state index contributed by atoms with van der Waals surface area (Å²) < 4.78 is 0. The molecule has 0 amide bonds. The van der Waals surface area contributed by atoms with Crippen LogP contribution in [0, 0.1) is 20.8 Å². The summed E-state index contributed by atoms with van der Waals surface area (Å²) in [4.78, 5) is 0. The van der Waals surface area contributed by atoms with E-state index in [1.165, 1.54) is 27.8 Å². The van der Waals surface area contributed by atoms with Crippen LogP contribution in [0.2, 0.25) is 0 Å². The molecule has 2 rings (SSSR count). The Morgan fingerprint density at radius 3 is 2.00 bits per heavy atom. The maximum absolute atomic E-state index is 6.26. The van der Waals surface area contributed by atoms with Gasteiger partial charge in [-0.1, -0.05) is 48.0 Å². The molecule has 0 aliphatic carbocycles. The van der Waals surface area contributed by atoms with Crippen LogP contribution in [0.15, 0.2) is 42.5 Å². The lowest BCUT2D eigenvalue weighted by atomic mass is 9.97. The summed E-state index contributed by atoms with van der Waals surface area (Å²) in [6.07, 6.45) is 1.88. The molecule has 0 aliphatic rings. The fourth-order valence-electron chi connectivity index (χ4n) is 2.33. The van der Waals surface area contributed by atoms with Crippen LogP contribution < -0.4 is 5.73 Å². The molecular weight excluding hydrogens is 230 g/mol. The van der Waals surface area contributed by atoms with E-state index in [1.54, 1.807) is 0 Å². The molecule has 0 saturated heterocycles. The molecule has 0 spiro atoms. The number of benzene rings is 2. The van der Waals surface area contributed by atoms with Crippen LogP contribution in [0.1, 0.15) is 27.8 Å². The predicted octanol–water partition coefficient (Wildman–Crippen LogP) is 3.72. The molecule has 2 aromatic carbocycles. The van der Waals surface area contributed by atoms with Crippen LogP contribution in [0.25, 0.3) is 0 Å². The van der Waals surface area contributed by atoms with E-state index in [0.717, 1.165) is 12.8 Å². The summed E-state index contributed by atoms with van der Waals surface area (Å²) in [5.41, 5.74) is 12.9. The fourth-order valence-corrected chi connectivity index (χ4v) is 2.33. The Morgan fingerprint density at radius 1 is 0.789 bits per heavy atom. The molecule has 0 bridgehead atoms. The topological polar surface area (TPSA) is 26.0 Å². The van der Waals surface area contributed by atoms with Crippen molar-refractivity contribution in [2.75, 3.05) is 0 Å². The first-order chi connectivity index (χ1) is 9.04. The number of hydrogen-bond donors (Lipinski definition) is 1. The van der Waals surface area contributed by atoms with Gasteiger partial charge in [0.15, 0.2) is 0 Å². The minimum absolute atomic E-state index is 0.185. The highest BCUT2D eigenvalue weighted by Gasteiger charge is 2.06. The average molecular weight is 253 g/mol. The lowest BCUT2D eigenvalue weighted by Gasteiger charge is -2.13. The normalized spacial score (nSPS) is 12.4. The lowest BCUT2D eigenvalue weighted by Crippen LogP contribution is -2.25. The van der Waals surface area contributed by atoms with E-state index >= 15 is 0 Å². The van der Waals surface area contributed by atoms with Crippen molar-refractivity contribution in [2.24, 2.45) is 5.73 Å². The zero-order valence-corrected chi connectivity index (χ0v) is 12.1. The molecule has 1 nitrogen and oxygen atoms in total. The van der Waals surface area contributed by atoms with E-state index in [1.807, 2.05) is 0 Å². The zero-order chi connectivity index (χ0) is 13.8. The van der Waals surface area contributed by atoms with Gasteiger partial charge in [-0.2, -0.15) is 0 Å². The highest BCUT2D eigenvalue weighted by Crippen LogP contribution is 2.13. The van der Waals surface area contributed by atoms with E-state index in [2.05, 4.69) is 63.2 Å². The standard InChI is InChI=1S/C18H23N/c1-13-4-7-16(8-5-13)11-18(19)12-17-9-6-14(2)15(3)10-17/h4-10,18H,11-12,19H2,1-3H3. The van der Waals surface area contributed by atoms with Crippen LogP contribution in [0.5, 0.6) is 0 Å². The Hall–Kier alpha value is -1.60. The van der Waals surface area contributed by atoms with E-state index in [9.17, 15) is 0 Å². The Morgan fingerprint density at radius 2 is 1.37 bits per heavy atom. The van der Waals surface area contributed by atoms with Crippen molar-refractivity contribution in [1.29, 1.82) is 0 Å². The van der Waals surface area contributed by atoms with Gasteiger partial charge in [-0.3, -0.25) is 0 Å². The van der Waals surface area contributed by atoms with Crippen molar-refractivity contribution in [3.63, 3.8) is 0 Å². The maximum atomic E-state index is 6.26. The van der Waals surface area contributed by atoms with E-state index < -0.39 is 0 Å². The second-order valence-electron chi connectivity index (χ2n) is 5.57. The van der Waals surface area contributed by atoms with Crippen molar-refractivity contribution >= 4 is 0 Å². The van der Waals surface area contributed by atoms with Crippen LogP contribution in [-0.2, 0) is 12.8 Å². The van der Waals surface area contributed by atoms with E-state index in [0.29, 0.717) is 0 Å². The molecule has 1 atom stereocenters. The second-order valence-corrected chi connectivity index (χ2v) is 5.57. The summed E-state index contributed by atoms with van der Waals surface area (Å²) in [7, 11) is 0. The monoisotopic (exact) mass is 253 g/mol. The van der Waals surface area contributed by atoms with Crippen LogP contribution in [-0.4, -0.2) is 6.04 Å². The summed E-state index contributed by atoms with van der Waals surface area (Å²) in [6, 6.07) is 15.5. The van der Waals surface area contributed by atoms with Crippen LogP contribution in [0.4, 0.5) is 0 Å². The van der Waals surface area contributed by atoms with Gasteiger partial charge in [0, 0.05) is 6.04 Å². The molecule has 0 aliphatic heterocycles. The molecule has 0 saturated carbocycles. The summed E-state index contributed by atoms with van der Waals surface area (Å²) in [5, 5.41) is 0. The Bertz CT molecular complexity index is 540. The number of nitrogens with two attached hydrogens (primary N) is 1. The molecule has 100 valence electrons. The van der Waals surface area contributed by atoms with Crippen LogP contribution >= 0.6 is 0 Å². The van der Waals surface area contributed by atoms with Crippen LogP contribution in [0.3, 0.4) is 0 Å². The van der Waals surface area contributed by atoms with E-state index in [4.69, 9.17) is 5.73 Å². The first kappa shape index (κ1) is 13.8. The van der Waals surface area contributed by atoms with Gasteiger partial charge in [0.2, 0.25) is 0 Å². The average Bonchev–Trinajstić information content (AvgIpc) is 2.37. The Kier molecular flexibility index (Phi) is 4.39. The first-order valence-corrected chi connectivity index (χ1v) is 6.92. The third-order valence-electron chi connectivity index (χ3n) is 3.69. The largest absolute Gasteiger partial charge is 0.327 e. The number of hydrogen-bond acceptors (Lipinski definition) is 1. The minimum atomic E-state index is 0.185.